The summed E-state index contributed by atoms with van der Waals surface area (Å²) in [5.41, 5.74) is 0.849. The van der Waals surface area contributed by atoms with Gasteiger partial charge < -0.3 is 24.7 Å². The molecule has 0 spiro atoms. The molecule has 4 unspecified atom stereocenters. The number of nitrogens with one attached hydrogen (secondary N) is 1. The highest BCUT2D eigenvalue weighted by atomic mass is 35.5. The number of piperidine rings is 1. The second kappa shape index (κ2) is 11.9. The van der Waals surface area contributed by atoms with Gasteiger partial charge in [-0.3, -0.25) is 9.59 Å². The van der Waals surface area contributed by atoms with Crippen LogP contribution >= 0.6 is 11.6 Å². The van der Waals surface area contributed by atoms with Gasteiger partial charge in [-0.05, 0) is 72.0 Å². The summed E-state index contributed by atoms with van der Waals surface area (Å²) in [7, 11) is -2.47. The SMILES string of the molecule is COc1ccc(CC2C(O)C(O)CN2C(=O)CN2CCCC(NS(=O)(=O)c3ccc4cc(Cl)ccc4c3)C2=O)cc1. The molecule has 2 fully saturated rings. The van der Waals surface area contributed by atoms with E-state index in [-0.39, 0.29) is 18.0 Å². The normalized spacial score (nSPS) is 23.3. The number of hydrogen-bond donors (Lipinski definition) is 3. The molecule has 2 amide bonds. The number of methoxy groups -OCH3 is 1. The summed E-state index contributed by atoms with van der Waals surface area (Å²) in [6, 6.07) is 15.3. The molecule has 2 aliphatic rings. The van der Waals surface area contributed by atoms with Gasteiger partial charge in [0.1, 0.15) is 17.9 Å². The van der Waals surface area contributed by atoms with E-state index in [0.29, 0.717) is 42.0 Å². The molecule has 2 heterocycles. The Labute approximate surface area is 243 Å². The molecule has 3 N–H and O–H groups in total. The molecule has 3 aromatic carbocycles. The number of aliphatic hydroxyl groups is 2. The lowest BCUT2D eigenvalue weighted by Gasteiger charge is -2.34. The first-order chi connectivity index (χ1) is 19.6. The Balaban J connectivity index is 1.26. The molecule has 0 aliphatic carbocycles. The Hall–Kier alpha value is -3.22. The van der Waals surface area contributed by atoms with Crippen LogP contribution in [-0.4, -0.2) is 91.3 Å². The predicted octanol–water partition coefficient (Wildman–Crippen LogP) is 1.95. The molecule has 2 aliphatic heterocycles. The Kier molecular flexibility index (Phi) is 8.53. The predicted molar refractivity (Wildman–Crippen MR) is 153 cm³/mol. The van der Waals surface area contributed by atoms with Crippen LogP contribution in [0, 0.1) is 0 Å². The van der Waals surface area contributed by atoms with Crippen molar-refractivity contribution in [2.24, 2.45) is 0 Å². The summed E-state index contributed by atoms with van der Waals surface area (Å²) in [4.78, 5) is 29.4. The van der Waals surface area contributed by atoms with Gasteiger partial charge in [0.2, 0.25) is 21.8 Å². The third-order valence-electron chi connectivity index (χ3n) is 7.73. The first-order valence-corrected chi connectivity index (χ1v) is 15.2. The van der Waals surface area contributed by atoms with Crippen molar-refractivity contribution < 1.29 is 33.0 Å². The topological polar surface area (TPSA) is 136 Å². The van der Waals surface area contributed by atoms with Crippen LogP contribution in [-0.2, 0) is 26.0 Å². The Bertz CT molecular complexity index is 1550. The lowest BCUT2D eigenvalue weighted by atomic mass is 10.0. The first kappa shape index (κ1) is 29.3. The van der Waals surface area contributed by atoms with Gasteiger partial charge in [0, 0.05) is 18.1 Å². The number of rotatable bonds is 8. The van der Waals surface area contributed by atoms with Crippen molar-refractivity contribution in [1.82, 2.24) is 14.5 Å². The third-order valence-corrected chi connectivity index (χ3v) is 9.44. The quantitative estimate of drug-likeness (QED) is 0.359. The maximum atomic E-state index is 13.4. The molecule has 0 saturated carbocycles. The fourth-order valence-electron chi connectivity index (χ4n) is 5.48. The molecule has 0 bridgehead atoms. The zero-order valence-electron chi connectivity index (χ0n) is 22.4. The summed E-state index contributed by atoms with van der Waals surface area (Å²) in [5.74, 6) is -0.245. The molecule has 12 heteroatoms. The summed E-state index contributed by atoms with van der Waals surface area (Å²) in [6.07, 6.45) is -1.15. The van der Waals surface area contributed by atoms with Crippen LogP contribution in [0.15, 0.2) is 65.6 Å². The fraction of sp³-hybridized carbons (Fsp3) is 0.379. The van der Waals surface area contributed by atoms with E-state index in [2.05, 4.69) is 4.72 Å². The van der Waals surface area contributed by atoms with E-state index >= 15 is 0 Å². The average molecular weight is 602 g/mol. The number of sulfonamides is 1. The van der Waals surface area contributed by atoms with Crippen molar-refractivity contribution in [3.8, 4) is 5.75 Å². The standard InChI is InChI=1S/C29H32ClN3O7S/c1-40-22-9-4-18(5-10-22)13-25-28(36)26(34)16-33(25)27(35)17-32-12-2-3-24(29(32)37)31-41(38,39)23-11-7-19-14-21(30)8-6-20(19)15-23/h4-11,14-15,24-26,28,31,34,36H,2-3,12-13,16-17H2,1H3. The van der Waals surface area contributed by atoms with Gasteiger partial charge in [0.15, 0.2) is 0 Å². The number of benzene rings is 3. The van der Waals surface area contributed by atoms with Crippen LogP contribution in [0.4, 0.5) is 0 Å². The number of carbonyl (C=O) groups is 2. The van der Waals surface area contributed by atoms with Crippen molar-refractivity contribution in [1.29, 1.82) is 0 Å². The zero-order chi connectivity index (χ0) is 29.3. The number of likely N-dealkylation sites (tertiary alicyclic amines) is 2. The number of fused-ring (bicyclic) bond motifs is 1. The molecule has 5 rings (SSSR count). The number of ether oxygens (including phenoxy) is 1. The number of hydrogen-bond acceptors (Lipinski definition) is 7. The summed E-state index contributed by atoms with van der Waals surface area (Å²) in [5, 5.41) is 23.0. The molecule has 3 aromatic rings. The number of halogens is 1. The van der Waals surface area contributed by atoms with E-state index in [1.165, 1.54) is 21.9 Å². The largest absolute Gasteiger partial charge is 0.497 e. The first-order valence-electron chi connectivity index (χ1n) is 13.3. The molecule has 0 aromatic heterocycles. The number of β-amino-alcohol motifs (C(OH)–C–C–N with tert-alkyl or cyclic N) is 1. The summed E-state index contributed by atoms with van der Waals surface area (Å²) >= 11 is 6.02. The van der Waals surface area contributed by atoms with Gasteiger partial charge in [-0.1, -0.05) is 35.9 Å². The van der Waals surface area contributed by atoms with Gasteiger partial charge in [0.05, 0.1) is 30.7 Å². The maximum Gasteiger partial charge on any atom is 0.242 e. The van der Waals surface area contributed by atoms with Crippen LogP contribution in [0.1, 0.15) is 18.4 Å². The molecule has 218 valence electrons. The summed E-state index contributed by atoms with van der Waals surface area (Å²) in [6.45, 7) is -0.0555. The minimum atomic E-state index is -4.03. The number of amides is 2. The lowest BCUT2D eigenvalue weighted by Crippen LogP contribution is -2.55. The van der Waals surface area contributed by atoms with E-state index in [9.17, 15) is 28.2 Å². The minimum absolute atomic E-state index is 0.0229. The molecule has 10 nitrogen and oxygen atoms in total. The average Bonchev–Trinajstić information content (AvgIpc) is 3.23. The second-order valence-electron chi connectivity index (χ2n) is 10.5. The van der Waals surface area contributed by atoms with Gasteiger partial charge in [-0.25, -0.2) is 8.42 Å². The Morgan fingerprint density at radius 3 is 2.51 bits per heavy atom. The number of nitrogens with zero attached hydrogens (tertiary/aromatic N) is 2. The highest BCUT2D eigenvalue weighted by Crippen LogP contribution is 2.26. The van der Waals surface area contributed by atoms with Crippen molar-refractivity contribution in [2.75, 3.05) is 26.7 Å². The van der Waals surface area contributed by atoms with Gasteiger partial charge in [-0.2, -0.15) is 4.72 Å². The van der Waals surface area contributed by atoms with Gasteiger partial charge in [-0.15, -0.1) is 0 Å². The zero-order valence-corrected chi connectivity index (χ0v) is 24.0. The molecule has 0 radical (unpaired) electrons. The maximum absolute atomic E-state index is 13.4. The Morgan fingerprint density at radius 1 is 1.07 bits per heavy atom. The molecule has 4 atom stereocenters. The van der Waals surface area contributed by atoms with E-state index in [4.69, 9.17) is 16.3 Å². The molecular formula is C29H32ClN3O7S. The van der Waals surface area contributed by atoms with Crippen LogP contribution in [0.5, 0.6) is 5.75 Å². The second-order valence-corrected chi connectivity index (χ2v) is 12.6. The van der Waals surface area contributed by atoms with Crippen LogP contribution < -0.4 is 9.46 Å². The van der Waals surface area contributed by atoms with Crippen molar-refractivity contribution in [3.05, 3.63) is 71.2 Å². The molecular weight excluding hydrogens is 570 g/mol. The van der Waals surface area contributed by atoms with Crippen LogP contribution in [0.2, 0.25) is 5.02 Å². The molecule has 2 saturated heterocycles. The van der Waals surface area contributed by atoms with Gasteiger partial charge in [0.25, 0.3) is 0 Å². The minimum Gasteiger partial charge on any atom is -0.497 e. The van der Waals surface area contributed by atoms with Crippen LogP contribution in [0.3, 0.4) is 0 Å². The number of carbonyl (C=O) groups excluding carboxylic acids is 2. The highest BCUT2D eigenvalue weighted by molar-refractivity contribution is 7.89. The van der Waals surface area contributed by atoms with E-state index < -0.39 is 46.1 Å². The lowest BCUT2D eigenvalue weighted by molar-refractivity contribution is -0.144. The monoisotopic (exact) mass is 601 g/mol. The molecule has 41 heavy (non-hydrogen) atoms. The highest BCUT2D eigenvalue weighted by Gasteiger charge is 2.43. The van der Waals surface area contributed by atoms with Gasteiger partial charge >= 0.3 is 0 Å². The van der Waals surface area contributed by atoms with Crippen molar-refractivity contribution in [3.63, 3.8) is 0 Å². The van der Waals surface area contributed by atoms with E-state index in [0.717, 1.165) is 10.9 Å². The van der Waals surface area contributed by atoms with E-state index in [1.54, 1.807) is 43.5 Å². The van der Waals surface area contributed by atoms with Crippen molar-refractivity contribution >= 4 is 44.2 Å². The Morgan fingerprint density at radius 2 is 1.78 bits per heavy atom. The third kappa shape index (κ3) is 6.34. The number of aliphatic hydroxyl groups excluding tert-OH is 2. The van der Waals surface area contributed by atoms with Crippen LogP contribution in [0.25, 0.3) is 10.8 Å². The fourth-order valence-corrected chi connectivity index (χ4v) is 6.92. The summed E-state index contributed by atoms with van der Waals surface area (Å²) < 4.78 is 34.0. The van der Waals surface area contributed by atoms with E-state index in [1.807, 2.05) is 12.1 Å². The smallest absolute Gasteiger partial charge is 0.242 e. The van der Waals surface area contributed by atoms with Crippen molar-refractivity contribution in [2.45, 2.75) is 48.4 Å².